The molecule has 15 heavy (non-hydrogen) atoms. The number of phenolic OH excluding ortho intramolecular Hbond substituents is 1. The summed E-state index contributed by atoms with van der Waals surface area (Å²) in [6.45, 7) is 0. The van der Waals surface area contributed by atoms with Crippen LogP contribution in [0.15, 0.2) is 18.2 Å². The van der Waals surface area contributed by atoms with Crippen molar-refractivity contribution in [3.05, 3.63) is 29.3 Å². The summed E-state index contributed by atoms with van der Waals surface area (Å²) in [5.74, 6) is -0.292. The highest BCUT2D eigenvalue weighted by Gasteiger charge is 2.18. The van der Waals surface area contributed by atoms with Crippen molar-refractivity contribution in [3.63, 3.8) is 0 Å². The van der Waals surface area contributed by atoms with Gasteiger partial charge in [-0.25, -0.2) is 0 Å². The third-order valence-electron chi connectivity index (χ3n) is 1.92. The summed E-state index contributed by atoms with van der Waals surface area (Å²) in [7, 11) is 0. The maximum Gasteiger partial charge on any atom is 0.170 e. The Kier molecular flexibility index (Phi) is 3.25. The van der Waals surface area contributed by atoms with Gasteiger partial charge in [0.25, 0.3) is 0 Å². The number of phenols is 1. The van der Waals surface area contributed by atoms with Crippen molar-refractivity contribution >= 4 is 0 Å². The molecule has 0 saturated carbocycles. The van der Waals surface area contributed by atoms with Gasteiger partial charge < -0.3 is 15.3 Å². The Balaban J connectivity index is 3.05. The Hall–Kier alpha value is -2.08. The van der Waals surface area contributed by atoms with Gasteiger partial charge in [-0.15, -0.1) is 0 Å². The number of hydrogen-bond donors (Lipinski definition) is 3. The summed E-state index contributed by atoms with van der Waals surface area (Å²) in [5, 5.41) is 44.6. The number of nitrogens with zero attached hydrogens (tertiary/aromatic N) is 2. The van der Waals surface area contributed by atoms with Gasteiger partial charge in [-0.05, 0) is 17.7 Å². The number of aromatic hydroxyl groups is 1. The predicted octanol–water partition coefficient (Wildman–Crippen LogP) is 0.182. The van der Waals surface area contributed by atoms with Crippen molar-refractivity contribution in [2.45, 2.75) is 12.2 Å². The minimum Gasteiger partial charge on any atom is -0.507 e. The molecule has 2 atom stereocenters. The number of rotatable bonds is 2. The molecular formula is C10H8N2O3. The third kappa shape index (κ3) is 2.23. The molecule has 0 spiro atoms. The van der Waals surface area contributed by atoms with E-state index in [0.717, 1.165) is 6.07 Å². The van der Waals surface area contributed by atoms with Crippen LogP contribution in [0.25, 0.3) is 0 Å². The average Bonchev–Trinajstić information content (AvgIpc) is 2.26. The summed E-state index contributed by atoms with van der Waals surface area (Å²) in [4.78, 5) is 0. The van der Waals surface area contributed by atoms with Crippen molar-refractivity contribution in [1.82, 2.24) is 0 Å². The van der Waals surface area contributed by atoms with Crippen molar-refractivity contribution in [1.29, 1.82) is 10.5 Å². The van der Waals surface area contributed by atoms with Crippen molar-refractivity contribution in [3.8, 4) is 17.9 Å². The van der Waals surface area contributed by atoms with E-state index >= 15 is 0 Å². The first-order valence-electron chi connectivity index (χ1n) is 4.09. The van der Waals surface area contributed by atoms with Gasteiger partial charge in [0, 0.05) is 0 Å². The fourth-order valence-electron chi connectivity index (χ4n) is 1.08. The average molecular weight is 204 g/mol. The largest absolute Gasteiger partial charge is 0.507 e. The first-order chi connectivity index (χ1) is 7.10. The van der Waals surface area contributed by atoms with Gasteiger partial charge in [0.05, 0.1) is 11.6 Å². The summed E-state index contributed by atoms with van der Waals surface area (Å²) < 4.78 is 0. The van der Waals surface area contributed by atoms with Crippen molar-refractivity contribution < 1.29 is 15.3 Å². The molecule has 0 heterocycles. The van der Waals surface area contributed by atoms with E-state index in [9.17, 15) is 10.2 Å². The van der Waals surface area contributed by atoms with Crippen LogP contribution >= 0.6 is 0 Å². The molecule has 0 amide bonds. The molecular weight excluding hydrogens is 196 g/mol. The second-order valence-electron chi connectivity index (χ2n) is 2.91. The van der Waals surface area contributed by atoms with Crippen LogP contribution in [0.1, 0.15) is 17.2 Å². The van der Waals surface area contributed by atoms with Crippen LogP contribution in [0.3, 0.4) is 0 Å². The van der Waals surface area contributed by atoms with Crippen molar-refractivity contribution in [2.24, 2.45) is 0 Å². The van der Waals surface area contributed by atoms with Crippen LogP contribution in [0.2, 0.25) is 0 Å². The first kappa shape index (κ1) is 11.0. The monoisotopic (exact) mass is 204 g/mol. The molecule has 76 valence electrons. The molecule has 1 rings (SSSR count). The minimum atomic E-state index is -1.56. The van der Waals surface area contributed by atoms with Crippen LogP contribution in [0.4, 0.5) is 0 Å². The predicted molar refractivity (Wildman–Crippen MR) is 49.4 cm³/mol. The van der Waals surface area contributed by atoms with Crippen LogP contribution in [-0.2, 0) is 0 Å². The minimum absolute atomic E-state index is 0.0670. The highest BCUT2D eigenvalue weighted by molar-refractivity contribution is 5.45. The Labute approximate surface area is 86.1 Å². The Morgan fingerprint density at radius 2 is 1.87 bits per heavy atom. The number of benzene rings is 1. The molecule has 3 N–H and O–H groups in total. The van der Waals surface area contributed by atoms with Gasteiger partial charge in [0.1, 0.15) is 17.9 Å². The molecule has 5 heteroatoms. The zero-order chi connectivity index (χ0) is 11.4. The van der Waals surface area contributed by atoms with E-state index in [2.05, 4.69) is 0 Å². The molecule has 1 aromatic rings. The molecule has 2 unspecified atom stereocenters. The zero-order valence-corrected chi connectivity index (χ0v) is 7.62. The molecule has 0 fully saturated rings. The molecule has 1 aromatic carbocycles. The fourth-order valence-corrected chi connectivity index (χ4v) is 1.08. The van der Waals surface area contributed by atoms with Crippen LogP contribution in [0.5, 0.6) is 5.75 Å². The fraction of sp³-hybridized carbons (Fsp3) is 0.200. The Morgan fingerprint density at radius 3 is 2.33 bits per heavy atom. The van der Waals surface area contributed by atoms with Gasteiger partial charge in [-0.3, -0.25) is 0 Å². The number of aliphatic hydroxyl groups excluding tert-OH is 2. The molecule has 0 radical (unpaired) electrons. The number of hydrogen-bond acceptors (Lipinski definition) is 5. The molecule has 0 aliphatic carbocycles. The Morgan fingerprint density at radius 1 is 1.20 bits per heavy atom. The molecule has 0 saturated heterocycles. The van der Waals surface area contributed by atoms with E-state index in [1.807, 2.05) is 0 Å². The first-order valence-corrected chi connectivity index (χ1v) is 4.09. The number of aliphatic hydroxyl groups is 2. The maximum absolute atomic E-state index is 9.41. The molecule has 0 aliphatic heterocycles. The molecule has 5 nitrogen and oxygen atoms in total. The maximum atomic E-state index is 9.41. The lowest BCUT2D eigenvalue weighted by molar-refractivity contribution is 0.0526. The Bertz CT molecular complexity index is 445. The van der Waals surface area contributed by atoms with Gasteiger partial charge in [0.2, 0.25) is 0 Å². The summed E-state index contributed by atoms with van der Waals surface area (Å²) in [6.07, 6.45) is -2.95. The summed E-state index contributed by atoms with van der Waals surface area (Å²) in [6, 6.07) is 7.03. The summed E-state index contributed by atoms with van der Waals surface area (Å²) >= 11 is 0. The zero-order valence-electron chi connectivity index (χ0n) is 7.62. The highest BCUT2D eigenvalue weighted by atomic mass is 16.3. The lowest BCUT2D eigenvalue weighted by Gasteiger charge is -2.12. The van der Waals surface area contributed by atoms with Crippen LogP contribution in [0, 0.1) is 22.7 Å². The van der Waals surface area contributed by atoms with E-state index in [4.69, 9.17) is 15.6 Å². The standard InChI is InChI=1S/C10H8N2O3/c11-4-7-2-1-6(3-8(7)13)10(15)9(14)5-12/h1-3,9-10,13-15H. The van der Waals surface area contributed by atoms with E-state index in [0.29, 0.717) is 0 Å². The SMILES string of the molecule is N#Cc1ccc(C(O)C(O)C#N)cc1O. The third-order valence-corrected chi connectivity index (χ3v) is 1.92. The van der Waals surface area contributed by atoms with Crippen LogP contribution in [-0.4, -0.2) is 21.4 Å². The van der Waals surface area contributed by atoms with E-state index < -0.39 is 12.2 Å². The smallest absolute Gasteiger partial charge is 0.170 e. The van der Waals surface area contributed by atoms with E-state index in [1.54, 1.807) is 6.07 Å². The number of nitriles is 2. The molecule has 0 aromatic heterocycles. The topological polar surface area (TPSA) is 108 Å². The van der Waals surface area contributed by atoms with Crippen LogP contribution < -0.4 is 0 Å². The lowest BCUT2D eigenvalue weighted by atomic mass is 10.0. The quantitative estimate of drug-likeness (QED) is 0.595. The van der Waals surface area contributed by atoms with Gasteiger partial charge >= 0.3 is 0 Å². The molecule has 0 bridgehead atoms. The summed E-state index contributed by atoms with van der Waals surface area (Å²) in [5.41, 5.74) is 0.248. The van der Waals surface area contributed by atoms with Crippen molar-refractivity contribution in [2.75, 3.05) is 0 Å². The van der Waals surface area contributed by atoms with Gasteiger partial charge in [-0.2, -0.15) is 10.5 Å². The van der Waals surface area contributed by atoms with E-state index in [-0.39, 0.29) is 16.9 Å². The highest BCUT2D eigenvalue weighted by Crippen LogP contribution is 2.23. The van der Waals surface area contributed by atoms with E-state index in [1.165, 1.54) is 18.2 Å². The van der Waals surface area contributed by atoms with Gasteiger partial charge in [-0.1, -0.05) is 6.07 Å². The normalized spacial score (nSPS) is 13.6. The second kappa shape index (κ2) is 4.43. The second-order valence-corrected chi connectivity index (χ2v) is 2.91. The molecule has 0 aliphatic rings. The van der Waals surface area contributed by atoms with Gasteiger partial charge in [0.15, 0.2) is 6.10 Å². The lowest BCUT2D eigenvalue weighted by Crippen LogP contribution is -2.15.